The molecule has 1 aromatic rings. The highest BCUT2D eigenvalue weighted by molar-refractivity contribution is 5.25. The smallest absolute Gasteiger partial charge is 0.0139 e. The number of rotatable bonds is 1. The first-order valence-electron chi connectivity index (χ1n) is 5.67. The van der Waals surface area contributed by atoms with Crippen LogP contribution in [0.3, 0.4) is 0 Å². The molecule has 0 heterocycles. The molecule has 1 aromatic carbocycles. The van der Waals surface area contributed by atoms with Crippen LogP contribution in [0.4, 0.5) is 0 Å². The van der Waals surface area contributed by atoms with E-state index >= 15 is 0 Å². The van der Waals surface area contributed by atoms with Crippen LogP contribution in [0.25, 0.3) is 0 Å². The highest BCUT2D eigenvalue weighted by Crippen LogP contribution is 2.51. The Kier molecular flexibility index (Phi) is 1.88. The molecule has 3 rings (SSSR count). The fourth-order valence-electron chi connectivity index (χ4n) is 3.51. The lowest BCUT2D eigenvalue weighted by Gasteiger charge is -2.28. The van der Waals surface area contributed by atoms with E-state index in [0.29, 0.717) is 12.0 Å². The van der Waals surface area contributed by atoms with E-state index in [0.717, 1.165) is 11.8 Å². The van der Waals surface area contributed by atoms with Gasteiger partial charge in [-0.25, -0.2) is 0 Å². The van der Waals surface area contributed by atoms with Crippen molar-refractivity contribution in [2.24, 2.45) is 17.6 Å². The molecule has 2 fully saturated rings. The van der Waals surface area contributed by atoms with Gasteiger partial charge in [-0.05, 0) is 36.7 Å². The van der Waals surface area contributed by atoms with E-state index in [9.17, 15) is 0 Å². The van der Waals surface area contributed by atoms with Crippen LogP contribution >= 0.6 is 0 Å². The topological polar surface area (TPSA) is 26.0 Å². The Morgan fingerprint density at radius 2 is 1.71 bits per heavy atom. The van der Waals surface area contributed by atoms with Crippen molar-refractivity contribution in [2.45, 2.75) is 31.2 Å². The molecule has 0 radical (unpaired) electrons. The van der Waals surface area contributed by atoms with E-state index in [4.69, 9.17) is 5.73 Å². The standard InChI is InChI=1S/C13H17N/c14-13-11-7-6-10(8-11)12(13)9-4-2-1-3-5-9/h1-5,10-13H,6-8,14H2/t10-,11+,12+,13-/m1/s1. The summed E-state index contributed by atoms with van der Waals surface area (Å²) >= 11 is 0. The maximum absolute atomic E-state index is 6.30. The molecule has 1 nitrogen and oxygen atoms in total. The highest BCUT2D eigenvalue weighted by Gasteiger charge is 2.46. The number of benzene rings is 1. The molecular weight excluding hydrogens is 170 g/mol. The van der Waals surface area contributed by atoms with E-state index < -0.39 is 0 Å². The first kappa shape index (κ1) is 8.49. The second kappa shape index (κ2) is 3.09. The summed E-state index contributed by atoms with van der Waals surface area (Å²) in [6.45, 7) is 0. The fraction of sp³-hybridized carbons (Fsp3) is 0.538. The van der Waals surface area contributed by atoms with Gasteiger partial charge in [-0.2, -0.15) is 0 Å². The molecule has 0 aromatic heterocycles. The predicted molar refractivity (Wildman–Crippen MR) is 58.0 cm³/mol. The summed E-state index contributed by atoms with van der Waals surface area (Å²) in [6.07, 6.45) is 4.15. The minimum atomic E-state index is 0.427. The molecule has 2 aliphatic rings. The SMILES string of the molecule is N[C@@H]1[C@H]2CC[C@H](C2)[C@@H]1c1ccccc1. The zero-order valence-electron chi connectivity index (χ0n) is 8.39. The van der Waals surface area contributed by atoms with Crippen molar-refractivity contribution in [3.63, 3.8) is 0 Å². The molecule has 14 heavy (non-hydrogen) atoms. The third-order valence-corrected chi connectivity index (χ3v) is 4.17. The summed E-state index contributed by atoms with van der Waals surface area (Å²) in [5.41, 5.74) is 7.76. The van der Waals surface area contributed by atoms with Gasteiger partial charge in [-0.3, -0.25) is 0 Å². The molecule has 74 valence electrons. The fourth-order valence-corrected chi connectivity index (χ4v) is 3.51. The highest BCUT2D eigenvalue weighted by atomic mass is 14.7. The monoisotopic (exact) mass is 187 g/mol. The summed E-state index contributed by atoms with van der Waals surface area (Å²) in [5.74, 6) is 2.33. The normalized spacial score (nSPS) is 40.4. The molecule has 2 N–H and O–H groups in total. The molecule has 2 bridgehead atoms. The molecule has 0 spiro atoms. The Bertz CT molecular complexity index is 317. The van der Waals surface area contributed by atoms with Gasteiger partial charge in [-0.1, -0.05) is 30.3 Å². The average Bonchev–Trinajstić information content (AvgIpc) is 2.79. The Hall–Kier alpha value is -0.820. The summed E-state index contributed by atoms with van der Waals surface area (Å²) in [7, 11) is 0. The quantitative estimate of drug-likeness (QED) is 0.718. The summed E-state index contributed by atoms with van der Waals surface area (Å²) in [5, 5.41) is 0. The van der Waals surface area contributed by atoms with Crippen molar-refractivity contribution < 1.29 is 0 Å². The van der Waals surface area contributed by atoms with Crippen molar-refractivity contribution in [1.82, 2.24) is 0 Å². The van der Waals surface area contributed by atoms with Gasteiger partial charge in [0, 0.05) is 12.0 Å². The van der Waals surface area contributed by atoms with E-state index in [1.165, 1.54) is 24.8 Å². The number of hydrogen-bond acceptors (Lipinski definition) is 1. The minimum Gasteiger partial charge on any atom is -0.327 e. The van der Waals surface area contributed by atoms with Crippen LogP contribution in [0.1, 0.15) is 30.7 Å². The van der Waals surface area contributed by atoms with Crippen LogP contribution in [-0.4, -0.2) is 6.04 Å². The maximum Gasteiger partial charge on any atom is 0.0139 e. The van der Waals surface area contributed by atoms with Crippen LogP contribution < -0.4 is 5.73 Å². The number of fused-ring (bicyclic) bond motifs is 2. The van der Waals surface area contributed by atoms with Crippen molar-refractivity contribution >= 4 is 0 Å². The molecule has 0 unspecified atom stereocenters. The van der Waals surface area contributed by atoms with Gasteiger partial charge >= 0.3 is 0 Å². The van der Waals surface area contributed by atoms with Crippen LogP contribution in [-0.2, 0) is 0 Å². The average molecular weight is 187 g/mol. The first-order chi connectivity index (χ1) is 6.86. The van der Waals surface area contributed by atoms with Gasteiger partial charge in [0.05, 0.1) is 0 Å². The summed E-state index contributed by atoms with van der Waals surface area (Å²) < 4.78 is 0. The Balaban J connectivity index is 1.93. The predicted octanol–water partition coefficient (Wildman–Crippen LogP) is 2.53. The van der Waals surface area contributed by atoms with Crippen LogP contribution in [0.15, 0.2) is 30.3 Å². The lowest BCUT2D eigenvalue weighted by atomic mass is 9.80. The number of hydrogen-bond donors (Lipinski definition) is 1. The van der Waals surface area contributed by atoms with Crippen molar-refractivity contribution in [3.8, 4) is 0 Å². The molecule has 0 amide bonds. The first-order valence-corrected chi connectivity index (χ1v) is 5.67. The van der Waals surface area contributed by atoms with Gasteiger partial charge in [-0.15, -0.1) is 0 Å². The van der Waals surface area contributed by atoms with Gasteiger partial charge in [0.15, 0.2) is 0 Å². The zero-order valence-corrected chi connectivity index (χ0v) is 8.39. The lowest BCUT2D eigenvalue weighted by Crippen LogP contribution is -2.33. The molecule has 0 saturated heterocycles. The third-order valence-electron chi connectivity index (χ3n) is 4.17. The van der Waals surface area contributed by atoms with Crippen molar-refractivity contribution in [3.05, 3.63) is 35.9 Å². The molecule has 1 heteroatoms. The molecule has 2 aliphatic carbocycles. The van der Waals surface area contributed by atoms with Crippen molar-refractivity contribution in [1.29, 1.82) is 0 Å². The maximum atomic E-state index is 6.30. The van der Waals surface area contributed by atoms with Crippen LogP contribution in [0.5, 0.6) is 0 Å². The second-order valence-electron chi connectivity index (χ2n) is 4.85. The van der Waals surface area contributed by atoms with E-state index in [2.05, 4.69) is 30.3 Å². The Morgan fingerprint density at radius 1 is 1.00 bits per heavy atom. The van der Waals surface area contributed by atoms with Crippen LogP contribution in [0, 0.1) is 11.8 Å². The van der Waals surface area contributed by atoms with Gasteiger partial charge < -0.3 is 5.73 Å². The van der Waals surface area contributed by atoms with Gasteiger partial charge in [0.2, 0.25) is 0 Å². The molecule has 4 atom stereocenters. The van der Waals surface area contributed by atoms with Crippen LogP contribution in [0.2, 0.25) is 0 Å². The molecule has 0 aliphatic heterocycles. The van der Waals surface area contributed by atoms with Gasteiger partial charge in [0.1, 0.15) is 0 Å². The number of nitrogens with two attached hydrogens (primary N) is 1. The van der Waals surface area contributed by atoms with E-state index in [1.54, 1.807) is 0 Å². The Labute approximate surface area is 85.3 Å². The van der Waals surface area contributed by atoms with E-state index in [-0.39, 0.29) is 0 Å². The van der Waals surface area contributed by atoms with Gasteiger partial charge in [0.25, 0.3) is 0 Å². The molecular formula is C13H17N. The van der Waals surface area contributed by atoms with Crippen molar-refractivity contribution in [2.75, 3.05) is 0 Å². The lowest BCUT2D eigenvalue weighted by molar-refractivity contribution is 0.366. The summed E-state index contributed by atoms with van der Waals surface area (Å²) in [6, 6.07) is 11.3. The zero-order chi connectivity index (χ0) is 9.54. The Morgan fingerprint density at radius 3 is 2.36 bits per heavy atom. The molecule has 2 saturated carbocycles. The van der Waals surface area contributed by atoms with E-state index in [1.807, 2.05) is 0 Å². The third kappa shape index (κ3) is 1.12. The largest absolute Gasteiger partial charge is 0.327 e. The second-order valence-corrected chi connectivity index (χ2v) is 4.85. The minimum absolute atomic E-state index is 0.427. The summed E-state index contributed by atoms with van der Waals surface area (Å²) in [4.78, 5) is 0.